The van der Waals surface area contributed by atoms with E-state index in [9.17, 15) is 4.79 Å². The number of nitrogens with one attached hydrogen (secondary N) is 1. The van der Waals surface area contributed by atoms with Crippen LogP contribution in [0.1, 0.15) is 11.3 Å². The first-order chi connectivity index (χ1) is 8.00. The average molecular weight is 252 g/mol. The standard InChI is InChI=1S/C12H11ClN2O2/c1-6-11(7(2)14-15-12(6)17)9-4-3-8(16)5-10(9)13/h3-5,16H,1-2H3,(H,15,17)/p+1. The summed E-state index contributed by atoms with van der Waals surface area (Å²) in [5.41, 5.74) is 2.53. The van der Waals surface area contributed by atoms with Crippen LogP contribution in [0.5, 0.6) is 5.75 Å². The van der Waals surface area contributed by atoms with E-state index in [2.05, 4.69) is 10.2 Å². The molecule has 0 unspecified atom stereocenters. The van der Waals surface area contributed by atoms with Gasteiger partial charge in [0.2, 0.25) is 0 Å². The van der Waals surface area contributed by atoms with Gasteiger partial charge in [0.1, 0.15) is 0 Å². The Hall–Kier alpha value is -1.81. The van der Waals surface area contributed by atoms with Crippen LogP contribution in [-0.4, -0.2) is 15.3 Å². The van der Waals surface area contributed by atoms with Crippen LogP contribution in [0.2, 0.25) is 5.02 Å². The van der Waals surface area contributed by atoms with Gasteiger partial charge in [-0.2, -0.15) is 5.10 Å². The molecule has 4 nitrogen and oxygen atoms in total. The molecule has 0 bridgehead atoms. The summed E-state index contributed by atoms with van der Waals surface area (Å²) in [5, 5.41) is 14.3. The Morgan fingerprint density at radius 2 is 2.06 bits per heavy atom. The number of nitrogens with zero attached hydrogens (tertiary/aromatic N) is 1. The molecule has 0 spiro atoms. The van der Waals surface area contributed by atoms with Crippen LogP contribution in [0.25, 0.3) is 11.1 Å². The summed E-state index contributed by atoms with van der Waals surface area (Å²) >= 11 is 6.10. The van der Waals surface area contributed by atoms with Gasteiger partial charge in [0.05, 0.1) is 16.8 Å². The number of aromatic amines is 1. The van der Waals surface area contributed by atoms with E-state index < -0.39 is 0 Å². The van der Waals surface area contributed by atoms with Crippen LogP contribution in [0.4, 0.5) is 0 Å². The van der Waals surface area contributed by atoms with E-state index in [1.807, 2.05) is 6.92 Å². The van der Waals surface area contributed by atoms with Crippen LogP contribution >= 0.6 is 11.6 Å². The normalized spacial score (nSPS) is 10.5. The second-order valence-corrected chi connectivity index (χ2v) is 4.24. The van der Waals surface area contributed by atoms with Gasteiger partial charge in [-0.3, -0.25) is 4.79 Å². The molecule has 5 heteroatoms. The highest BCUT2D eigenvalue weighted by Crippen LogP contribution is 2.32. The van der Waals surface area contributed by atoms with E-state index in [4.69, 9.17) is 16.7 Å². The zero-order valence-electron chi connectivity index (χ0n) is 9.47. The van der Waals surface area contributed by atoms with Crippen molar-refractivity contribution in [1.82, 2.24) is 10.2 Å². The SMILES string of the molecule is Cc1n[nH]c(=O)c(C)c1-c1ccc([OH2+])cc1Cl. The average Bonchev–Trinajstić information content (AvgIpc) is 2.27. The van der Waals surface area contributed by atoms with Crippen LogP contribution in [0, 0.1) is 13.8 Å². The van der Waals surface area contributed by atoms with Gasteiger partial charge in [0.15, 0.2) is 0 Å². The Bertz CT molecular complexity index is 635. The van der Waals surface area contributed by atoms with Crippen LogP contribution < -0.4 is 5.56 Å². The highest BCUT2D eigenvalue weighted by Gasteiger charge is 2.14. The highest BCUT2D eigenvalue weighted by atomic mass is 35.5. The fourth-order valence-corrected chi connectivity index (χ4v) is 2.05. The van der Waals surface area contributed by atoms with Gasteiger partial charge in [0, 0.05) is 22.8 Å². The molecular weight excluding hydrogens is 240 g/mol. The fourth-order valence-electron chi connectivity index (χ4n) is 1.77. The zero-order chi connectivity index (χ0) is 12.6. The zero-order valence-corrected chi connectivity index (χ0v) is 10.2. The van der Waals surface area contributed by atoms with Crippen molar-refractivity contribution in [2.24, 2.45) is 0 Å². The first kappa shape index (κ1) is 11.7. The molecule has 0 fully saturated rings. The van der Waals surface area contributed by atoms with E-state index in [0.717, 1.165) is 11.1 Å². The Kier molecular flexibility index (Phi) is 2.90. The Balaban J connectivity index is 2.77. The summed E-state index contributed by atoms with van der Waals surface area (Å²) in [7, 11) is 0. The lowest BCUT2D eigenvalue weighted by atomic mass is 10.0. The summed E-state index contributed by atoms with van der Waals surface area (Å²) in [5.74, 6) is 0.340. The molecule has 0 saturated carbocycles. The molecule has 1 heterocycles. The fraction of sp³-hybridized carbons (Fsp3) is 0.167. The van der Waals surface area contributed by atoms with Gasteiger partial charge in [-0.1, -0.05) is 11.6 Å². The number of aromatic nitrogens is 2. The molecule has 3 N–H and O–H groups in total. The first-order valence-electron chi connectivity index (χ1n) is 5.08. The molecule has 2 rings (SSSR count). The maximum absolute atomic E-state index is 11.5. The molecule has 0 radical (unpaired) electrons. The van der Waals surface area contributed by atoms with E-state index in [1.165, 1.54) is 0 Å². The minimum atomic E-state index is -0.225. The Labute approximate surface area is 103 Å². The molecule has 0 amide bonds. The molecule has 1 aromatic heterocycles. The van der Waals surface area contributed by atoms with Gasteiger partial charge in [-0.15, -0.1) is 0 Å². The monoisotopic (exact) mass is 251 g/mol. The smallest absolute Gasteiger partial charge is 0.267 e. The lowest BCUT2D eigenvalue weighted by Crippen LogP contribution is -2.14. The van der Waals surface area contributed by atoms with Gasteiger partial charge < -0.3 is 5.11 Å². The maximum atomic E-state index is 11.5. The van der Waals surface area contributed by atoms with Crippen LogP contribution in [0.15, 0.2) is 23.0 Å². The Morgan fingerprint density at radius 3 is 2.71 bits per heavy atom. The maximum Gasteiger partial charge on any atom is 0.267 e. The number of H-pyrrole nitrogens is 1. The number of benzene rings is 1. The summed E-state index contributed by atoms with van der Waals surface area (Å²) in [6.07, 6.45) is 0. The second kappa shape index (κ2) is 4.22. The lowest BCUT2D eigenvalue weighted by Gasteiger charge is -2.09. The van der Waals surface area contributed by atoms with Gasteiger partial charge in [0.25, 0.3) is 11.3 Å². The molecule has 0 saturated heterocycles. The van der Waals surface area contributed by atoms with Crippen molar-refractivity contribution in [1.29, 1.82) is 0 Å². The quantitative estimate of drug-likeness (QED) is 0.789. The van der Waals surface area contributed by atoms with Gasteiger partial charge in [-0.05, 0) is 19.9 Å². The summed E-state index contributed by atoms with van der Waals surface area (Å²) < 4.78 is 0. The van der Waals surface area contributed by atoms with Gasteiger partial charge in [-0.25, -0.2) is 5.10 Å². The molecule has 0 aliphatic carbocycles. The van der Waals surface area contributed by atoms with E-state index >= 15 is 0 Å². The van der Waals surface area contributed by atoms with Crippen molar-refractivity contribution in [2.45, 2.75) is 13.8 Å². The summed E-state index contributed by atoms with van der Waals surface area (Å²) in [4.78, 5) is 11.5. The molecule has 0 aliphatic heterocycles. The molecule has 17 heavy (non-hydrogen) atoms. The minimum absolute atomic E-state index is 0.225. The van der Waals surface area contributed by atoms with Gasteiger partial charge >= 0.3 is 0 Å². The van der Waals surface area contributed by atoms with E-state index in [0.29, 0.717) is 22.0 Å². The topological polar surface area (TPSA) is 68.7 Å². The number of hydrogen-bond acceptors (Lipinski definition) is 2. The van der Waals surface area contributed by atoms with Crippen molar-refractivity contribution < 1.29 is 5.11 Å². The number of halogens is 1. The number of hydrogen-bond donors (Lipinski definition) is 1. The van der Waals surface area contributed by atoms with Crippen molar-refractivity contribution in [3.05, 3.63) is 44.8 Å². The van der Waals surface area contributed by atoms with Crippen LogP contribution in [-0.2, 0) is 0 Å². The minimum Gasteiger partial charge on any atom is -0.593 e. The Morgan fingerprint density at radius 1 is 1.35 bits per heavy atom. The lowest BCUT2D eigenvalue weighted by molar-refractivity contribution is 0.475. The van der Waals surface area contributed by atoms with Crippen molar-refractivity contribution >= 4 is 11.6 Å². The second-order valence-electron chi connectivity index (χ2n) is 3.83. The molecule has 88 valence electrons. The third-order valence-electron chi connectivity index (χ3n) is 2.64. The largest absolute Gasteiger partial charge is 0.593 e. The molecular formula is C12H12ClN2O2+. The predicted molar refractivity (Wildman–Crippen MR) is 67.8 cm³/mol. The third-order valence-corrected chi connectivity index (χ3v) is 2.95. The third kappa shape index (κ3) is 2.03. The van der Waals surface area contributed by atoms with Crippen LogP contribution in [0.3, 0.4) is 0 Å². The van der Waals surface area contributed by atoms with Crippen molar-refractivity contribution in [3.63, 3.8) is 0 Å². The summed E-state index contributed by atoms with van der Waals surface area (Å²) in [6, 6.07) is 4.93. The van der Waals surface area contributed by atoms with E-state index in [1.54, 1.807) is 25.1 Å². The number of rotatable bonds is 1. The highest BCUT2D eigenvalue weighted by molar-refractivity contribution is 6.33. The van der Waals surface area contributed by atoms with Crippen molar-refractivity contribution in [2.75, 3.05) is 0 Å². The molecule has 0 aliphatic rings. The van der Waals surface area contributed by atoms with Crippen molar-refractivity contribution in [3.8, 4) is 16.9 Å². The molecule has 2 aromatic rings. The number of aryl methyl sites for hydroxylation is 1. The van der Waals surface area contributed by atoms with E-state index in [-0.39, 0.29) is 5.56 Å². The first-order valence-corrected chi connectivity index (χ1v) is 5.46. The molecule has 0 atom stereocenters. The predicted octanol–water partition coefficient (Wildman–Crippen LogP) is 2.15. The molecule has 1 aromatic carbocycles. The summed E-state index contributed by atoms with van der Waals surface area (Å²) in [6.45, 7) is 3.54.